The van der Waals surface area contributed by atoms with Crippen LogP contribution in [0.4, 0.5) is 0 Å². The van der Waals surface area contributed by atoms with E-state index >= 15 is 0 Å². The molecule has 0 fully saturated rings. The first kappa shape index (κ1) is 8.94. The molecule has 3 nitrogen and oxygen atoms in total. The first-order chi connectivity index (χ1) is 4.22. The Balaban J connectivity index is 3.46. The van der Waals surface area contributed by atoms with Crippen molar-refractivity contribution in [3.63, 3.8) is 0 Å². The van der Waals surface area contributed by atoms with Crippen molar-refractivity contribution in [3.8, 4) is 0 Å². The minimum atomic E-state index is -0.593. The number of hydrogen-bond acceptors (Lipinski definition) is 4. The molecule has 0 amide bonds. The molecule has 0 aliphatic heterocycles. The Morgan fingerprint density at radius 1 is 1.89 bits per heavy atom. The summed E-state index contributed by atoms with van der Waals surface area (Å²) in [5.74, 6) is -0.191. The van der Waals surface area contributed by atoms with Crippen LogP contribution in [-0.4, -0.2) is 36.5 Å². The Labute approximate surface area is 59.4 Å². The van der Waals surface area contributed by atoms with Crippen molar-refractivity contribution in [1.82, 2.24) is 0 Å². The van der Waals surface area contributed by atoms with Gasteiger partial charge in [0.1, 0.15) is 6.61 Å². The second-order valence-corrected chi connectivity index (χ2v) is 2.22. The van der Waals surface area contributed by atoms with Crippen molar-refractivity contribution >= 4 is 18.4 Å². The maximum Gasteiger partial charge on any atom is 0.173 e. The van der Waals surface area contributed by atoms with Crippen molar-refractivity contribution < 1.29 is 14.6 Å². The summed E-state index contributed by atoms with van der Waals surface area (Å²) >= 11 is 3.78. The standard InChI is InChI=1S/C5H10O3S/c1-8-3-4(7)5(9)2-6/h5-6,9H,2-3H2,1H3. The van der Waals surface area contributed by atoms with Gasteiger partial charge in [-0.3, -0.25) is 4.79 Å². The van der Waals surface area contributed by atoms with Crippen LogP contribution in [0.25, 0.3) is 0 Å². The van der Waals surface area contributed by atoms with Gasteiger partial charge in [0.25, 0.3) is 0 Å². The molecule has 1 unspecified atom stereocenters. The van der Waals surface area contributed by atoms with E-state index in [9.17, 15) is 4.79 Å². The molecular formula is C5H10O3S. The molecular weight excluding hydrogens is 140 g/mol. The number of thiol groups is 1. The summed E-state index contributed by atoms with van der Waals surface area (Å²) < 4.78 is 4.52. The molecule has 0 radical (unpaired) electrons. The molecule has 0 rings (SSSR count). The number of carbonyl (C=O) groups is 1. The van der Waals surface area contributed by atoms with Gasteiger partial charge in [-0.1, -0.05) is 0 Å². The molecule has 0 saturated carbocycles. The highest BCUT2D eigenvalue weighted by atomic mass is 32.1. The first-order valence-electron chi connectivity index (χ1n) is 2.53. The SMILES string of the molecule is COCC(=O)C(S)CO. The van der Waals surface area contributed by atoms with E-state index in [-0.39, 0.29) is 19.0 Å². The monoisotopic (exact) mass is 150 g/mol. The Morgan fingerprint density at radius 2 is 2.44 bits per heavy atom. The zero-order valence-electron chi connectivity index (χ0n) is 5.20. The van der Waals surface area contributed by atoms with E-state index in [1.165, 1.54) is 7.11 Å². The summed E-state index contributed by atoms with van der Waals surface area (Å²) in [5.41, 5.74) is 0. The Bertz CT molecular complexity index is 94.2. The Morgan fingerprint density at radius 3 is 2.78 bits per heavy atom. The zero-order chi connectivity index (χ0) is 7.28. The molecule has 0 aromatic heterocycles. The molecule has 0 heterocycles. The molecule has 1 atom stereocenters. The summed E-state index contributed by atoms with van der Waals surface area (Å²) in [6.07, 6.45) is 0. The lowest BCUT2D eigenvalue weighted by molar-refractivity contribution is -0.122. The van der Waals surface area contributed by atoms with E-state index in [0.717, 1.165) is 0 Å². The second kappa shape index (κ2) is 4.78. The van der Waals surface area contributed by atoms with E-state index in [1.807, 2.05) is 0 Å². The number of ketones is 1. The van der Waals surface area contributed by atoms with Crippen LogP contribution in [-0.2, 0) is 9.53 Å². The van der Waals surface area contributed by atoms with Crippen LogP contribution in [0, 0.1) is 0 Å². The van der Waals surface area contributed by atoms with Gasteiger partial charge < -0.3 is 9.84 Å². The van der Waals surface area contributed by atoms with Crippen molar-refractivity contribution in [3.05, 3.63) is 0 Å². The van der Waals surface area contributed by atoms with Gasteiger partial charge in [0.05, 0.1) is 11.9 Å². The first-order valence-corrected chi connectivity index (χ1v) is 3.04. The molecule has 0 saturated heterocycles. The maximum atomic E-state index is 10.6. The Hall–Kier alpha value is -0.0600. The van der Waals surface area contributed by atoms with E-state index in [2.05, 4.69) is 17.4 Å². The molecule has 1 N–H and O–H groups in total. The third kappa shape index (κ3) is 3.51. The van der Waals surface area contributed by atoms with Gasteiger partial charge in [0.15, 0.2) is 5.78 Å². The third-order valence-electron chi connectivity index (χ3n) is 0.831. The summed E-state index contributed by atoms with van der Waals surface area (Å²) in [6.45, 7) is -0.208. The van der Waals surface area contributed by atoms with Crippen molar-refractivity contribution in [2.24, 2.45) is 0 Å². The highest BCUT2D eigenvalue weighted by Gasteiger charge is 2.10. The highest BCUT2D eigenvalue weighted by molar-refractivity contribution is 7.81. The van der Waals surface area contributed by atoms with Crippen LogP contribution < -0.4 is 0 Å². The van der Waals surface area contributed by atoms with Crippen LogP contribution in [0.3, 0.4) is 0 Å². The molecule has 0 aliphatic carbocycles. The van der Waals surface area contributed by atoms with Gasteiger partial charge in [-0.05, 0) is 0 Å². The van der Waals surface area contributed by atoms with Crippen molar-refractivity contribution in [1.29, 1.82) is 0 Å². The average Bonchev–Trinajstić information content (AvgIpc) is 1.87. The van der Waals surface area contributed by atoms with Gasteiger partial charge in [0, 0.05) is 7.11 Å². The summed E-state index contributed by atoms with van der Waals surface area (Å²) in [4.78, 5) is 10.6. The third-order valence-corrected chi connectivity index (χ3v) is 1.28. The maximum absolute atomic E-state index is 10.6. The van der Waals surface area contributed by atoms with Gasteiger partial charge in [-0.2, -0.15) is 12.6 Å². The minimum absolute atomic E-state index is 0.0225. The van der Waals surface area contributed by atoms with E-state index < -0.39 is 5.25 Å². The fraction of sp³-hybridized carbons (Fsp3) is 0.800. The zero-order valence-corrected chi connectivity index (χ0v) is 6.10. The Kier molecular flexibility index (Phi) is 4.75. The normalized spacial score (nSPS) is 13.2. The van der Waals surface area contributed by atoms with Gasteiger partial charge in [-0.15, -0.1) is 0 Å². The van der Waals surface area contributed by atoms with Crippen LogP contribution in [0.5, 0.6) is 0 Å². The molecule has 9 heavy (non-hydrogen) atoms. The number of ether oxygens (including phenoxy) is 1. The summed E-state index contributed by atoms with van der Waals surface area (Å²) in [7, 11) is 1.43. The highest BCUT2D eigenvalue weighted by Crippen LogP contribution is 1.94. The largest absolute Gasteiger partial charge is 0.395 e. The average molecular weight is 150 g/mol. The van der Waals surface area contributed by atoms with E-state index in [0.29, 0.717) is 0 Å². The van der Waals surface area contributed by atoms with Crippen molar-refractivity contribution in [2.45, 2.75) is 5.25 Å². The van der Waals surface area contributed by atoms with E-state index in [1.54, 1.807) is 0 Å². The molecule has 0 bridgehead atoms. The molecule has 54 valence electrons. The van der Waals surface area contributed by atoms with Crippen LogP contribution in [0.1, 0.15) is 0 Å². The lowest BCUT2D eigenvalue weighted by Gasteiger charge is -2.02. The van der Waals surface area contributed by atoms with Gasteiger partial charge in [-0.25, -0.2) is 0 Å². The number of rotatable bonds is 4. The van der Waals surface area contributed by atoms with Crippen molar-refractivity contribution in [2.75, 3.05) is 20.3 Å². The molecule has 0 aromatic carbocycles. The predicted molar refractivity (Wildman–Crippen MR) is 36.7 cm³/mol. The molecule has 0 aliphatic rings. The number of hydrogen-bond donors (Lipinski definition) is 2. The van der Waals surface area contributed by atoms with Gasteiger partial charge in [0.2, 0.25) is 0 Å². The van der Waals surface area contributed by atoms with Crippen LogP contribution >= 0.6 is 12.6 Å². The number of carbonyl (C=O) groups excluding carboxylic acids is 1. The molecule has 4 heteroatoms. The topological polar surface area (TPSA) is 46.5 Å². The number of aliphatic hydroxyl groups is 1. The number of aliphatic hydroxyl groups excluding tert-OH is 1. The summed E-state index contributed by atoms with van der Waals surface area (Å²) in [5, 5.41) is 7.79. The number of Topliss-reactive ketones (excluding diaryl/α,β-unsaturated/α-hetero) is 1. The minimum Gasteiger partial charge on any atom is -0.395 e. The lowest BCUT2D eigenvalue weighted by atomic mass is 10.3. The number of methoxy groups -OCH3 is 1. The smallest absolute Gasteiger partial charge is 0.173 e. The predicted octanol–water partition coefficient (Wildman–Crippen LogP) is -0.507. The fourth-order valence-corrected chi connectivity index (χ4v) is 0.415. The lowest BCUT2D eigenvalue weighted by Crippen LogP contribution is -2.22. The summed E-state index contributed by atoms with van der Waals surface area (Å²) in [6, 6.07) is 0. The van der Waals surface area contributed by atoms with Crippen LogP contribution in [0.2, 0.25) is 0 Å². The van der Waals surface area contributed by atoms with Gasteiger partial charge >= 0.3 is 0 Å². The quantitative estimate of drug-likeness (QED) is 0.531. The molecule has 0 aromatic rings. The van der Waals surface area contributed by atoms with Crippen LogP contribution in [0.15, 0.2) is 0 Å². The second-order valence-electron chi connectivity index (χ2n) is 1.60. The molecule has 0 spiro atoms. The van der Waals surface area contributed by atoms with E-state index in [4.69, 9.17) is 5.11 Å². The fourth-order valence-electron chi connectivity index (χ4n) is 0.340.